The van der Waals surface area contributed by atoms with Crippen LogP contribution in [0.5, 0.6) is 0 Å². The molecule has 0 spiro atoms. The molecule has 1 aliphatic carbocycles. The van der Waals surface area contributed by atoms with Gasteiger partial charge >= 0.3 is 0 Å². The van der Waals surface area contributed by atoms with E-state index in [9.17, 15) is 0 Å². The molecule has 2 N–H and O–H groups in total. The van der Waals surface area contributed by atoms with E-state index in [4.69, 9.17) is 16.6 Å². The molecule has 1 saturated carbocycles. The van der Waals surface area contributed by atoms with Crippen LogP contribution in [0.3, 0.4) is 0 Å². The third-order valence-electron chi connectivity index (χ3n) is 5.03. The van der Waals surface area contributed by atoms with Gasteiger partial charge < -0.3 is 10.6 Å². The van der Waals surface area contributed by atoms with Crippen molar-refractivity contribution in [3.63, 3.8) is 0 Å². The Bertz CT molecular complexity index is 722. The predicted octanol–water partition coefficient (Wildman–Crippen LogP) is 3.87. The highest BCUT2D eigenvalue weighted by molar-refractivity contribution is 14.0. The summed E-state index contributed by atoms with van der Waals surface area (Å²) >= 11 is 6.04. The molecular weight excluding hydrogens is 461 g/mol. The Morgan fingerprint density at radius 3 is 2.50 bits per heavy atom. The van der Waals surface area contributed by atoms with Gasteiger partial charge in [-0.2, -0.15) is 5.10 Å². The van der Waals surface area contributed by atoms with Crippen molar-refractivity contribution in [2.24, 2.45) is 12.0 Å². The molecule has 1 heterocycles. The van der Waals surface area contributed by atoms with E-state index in [1.807, 2.05) is 29.9 Å². The topological polar surface area (TPSA) is 54.2 Å². The lowest BCUT2D eigenvalue weighted by Crippen LogP contribution is -2.48. The Balaban J connectivity index is 0.00000243. The zero-order valence-corrected chi connectivity index (χ0v) is 18.4. The van der Waals surface area contributed by atoms with Crippen LogP contribution < -0.4 is 10.6 Å². The minimum Gasteiger partial charge on any atom is -0.357 e. The summed E-state index contributed by atoms with van der Waals surface area (Å²) in [5, 5.41) is 11.8. The molecule has 5 nitrogen and oxygen atoms in total. The number of nitrogens with zero attached hydrogens (tertiary/aromatic N) is 3. The lowest BCUT2D eigenvalue weighted by molar-refractivity contribution is 0.244. The van der Waals surface area contributed by atoms with Crippen molar-refractivity contribution in [2.75, 3.05) is 13.1 Å². The first-order chi connectivity index (χ1) is 12.1. The van der Waals surface area contributed by atoms with Crippen LogP contribution in [0.1, 0.15) is 37.4 Å². The minimum atomic E-state index is 0. The van der Waals surface area contributed by atoms with Crippen molar-refractivity contribution in [3.8, 4) is 0 Å². The highest BCUT2D eigenvalue weighted by Crippen LogP contribution is 2.43. The van der Waals surface area contributed by atoms with Crippen molar-refractivity contribution in [3.05, 3.63) is 52.8 Å². The largest absolute Gasteiger partial charge is 0.357 e. The Morgan fingerprint density at radius 2 is 1.96 bits per heavy atom. The predicted molar refractivity (Wildman–Crippen MR) is 118 cm³/mol. The molecule has 0 bridgehead atoms. The molecule has 26 heavy (non-hydrogen) atoms. The van der Waals surface area contributed by atoms with Crippen molar-refractivity contribution >= 4 is 41.5 Å². The first kappa shape index (κ1) is 21.0. The van der Waals surface area contributed by atoms with Gasteiger partial charge in [0.05, 0.1) is 12.2 Å². The highest BCUT2D eigenvalue weighted by Gasteiger charge is 2.38. The third kappa shape index (κ3) is 4.91. The standard InChI is InChI=1S/C19H26ClN5.HI/c1-3-21-18(22-13-17-9-12-24-25(17)2)23-14-19(10-4-11-19)15-5-7-16(20)8-6-15;/h5-9,12H,3-4,10-11,13-14H2,1-2H3,(H2,21,22,23);1H. The smallest absolute Gasteiger partial charge is 0.191 e. The average molecular weight is 488 g/mol. The number of guanidine groups is 1. The van der Waals surface area contributed by atoms with Crippen LogP contribution in [-0.4, -0.2) is 28.8 Å². The molecule has 2 aromatic rings. The summed E-state index contributed by atoms with van der Waals surface area (Å²) in [6, 6.07) is 10.3. The second-order valence-electron chi connectivity index (χ2n) is 6.64. The lowest BCUT2D eigenvalue weighted by Gasteiger charge is -2.43. The second-order valence-corrected chi connectivity index (χ2v) is 7.07. The maximum absolute atomic E-state index is 6.04. The summed E-state index contributed by atoms with van der Waals surface area (Å²) in [4.78, 5) is 4.70. The van der Waals surface area contributed by atoms with Crippen molar-refractivity contribution < 1.29 is 0 Å². The molecule has 3 rings (SSSR count). The molecule has 1 aliphatic rings. The fraction of sp³-hybridized carbons (Fsp3) is 0.474. The van der Waals surface area contributed by atoms with Crippen LogP contribution in [0.2, 0.25) is 5.02 Å². The van der Waals surface area contributed by atoms with Gasteiger partial charge in [-0.1, -0.05) is 30.2 Å². The maximum Gasteiger partial charge on any atom is 0.191 e. The highest BCUT2D eigenvalue weighted by atomic mass is 127. The first-order valence-electron chi connectivity index (χ1n) is 8.88. The molecule has 1 fully saturated rings. The van der Waals surface area contributed by atoms with Crippen molar-refractivity contribution in [2.45, 2.75) is 38.1 Å². The molecular formula is C19H27ClIN5. The Morgan fingerprint density at radius 1 is 1.23 bits per heavy atom. The number of aryl methyl sites for hydroxylation is 1. The Hall–Kier alpha value is -1.28. The van der Waals surface area contributed by atoms with Crippen LogP contribution >= 0.6 is 35.6 Å². The lowest BCUT2D eigenvalue weighted by atomic mass is 9.64. The fourth-order valence-electron chi connectivity index (χ4n) is 3.29. The fourth-order valence-corrected chi connectivity index (χ4v) is 3.41. The van der Waals surface area contributed by atoms with Gasteiger partial charge in [0.1, 0.15) is 0 Å². The molecule has 0 atom stereocenters. The number of hydrogen-bond acceptors (Lipinski definition) is 2. The van der Waals surface area contributed by atoms with E-state index in [2.05, 4.69) is 34.8 Å². The minimum absolute atomic E-state index is 0. The molecule has 1 aromatic carbocycles. The van der Waals surface area contributed by atoms with E-state index in [0.29, 0.717) is 6.54 Å². The van der Waals surface area contributed by atoms with Gasteiger partial charge in [0, 0.05) is 36.8 Å². The maximum atomic E-state index is 6.04. The molecule has 0 saturated heterocycles. The summed E-state index contributed by atoms with van der Waals surface area (Å²) in [7, 11) is 1.94. The van der Waals surface area contributed by atoms with Gasteiger partial charge in [0.25, 0.3) is 0 Å². The number of aromatic nitrogens is 2. The normalized spacial score (nSPS) is 15.7. The SMILES string of the molecule is CCNC(=NCc1ccnn1C)NCC1(c2ccc(Cl)cc2)CCC1.I. The summed E-state index contributed by atoms with van der Waals surface area (Å²) in [5.74, 6) is 0.851. The van der Waals surface area contributed by atoms with Crippen LogP contribution in [0.15, 0.2) is 41.5 Å². The molecule has 0 aliphatic heterocycles. The summed E-state index contributed by atoms with van der Waals surface area (Å²) in [6.07, 6.45) is 5.47. The van der Waals surface area contributed by atoms with Gasteiger partial charge in [-0.05, 0) is 43.5 Å². The van der Waals surface area contributed by atoms with Crippen LogP contribution in [0.4, 0.5) is 0 Å². The van der Waals surface area contributed by atoms with Crippen molar-refractivity contribution in [1.29, 1.82) is 0 Å². The monoisotopic (exact) mass is 487 g/mol. The third-order valence-corrected chi connectivity index (χ3v) is 5.28. The van der Waals surface area contributed by atoms with E-state index < -0.39 is 0 Å². The van der Waals surface area contributed by atoms with Gasteiger partial charge in [-0.3, -0.25) is 4.68 Å². The van der Waals surface area contributed by atoms with Crippen LogP contribution in [-0.2, 0) is 19.0 Å². The molecule has 7 heteroatoms. The van der Waals surface area contributed by atoms with E-state index in [1.54, 1.807) is 6.20 Å². The van der Waals surface area contributed by atoms with E-state index in [-0.39, 0.29) is 29.4 Å². The van der Waals surface area contributed by atoms with E-state index >= 15 is 0 Å². The number of nitrogens with one attached hydrogen (secondary N) is 2. The summed E-state index contributed by atoms with van der Waals surface area (Å²) < 4.78 is 1.86. The number of hydrogen-bond donors (Lipinski definition) is 2. The quantitative estimate of drug-likeness (QED) is 0.369. The molecule has 0 amide bonds. The van der Waals surface area contributed by atoms with Crippen molar-refractivity contribution in [1.82, 2.24) is 20.4 Å². The van der Waals surface area contributed by atoms with Gasteiger partial charge in [0.15, 0.2) is 5.96 Å². The molecule has 142 valence electrons. The Labute approximate surface area is 177 Å². The second kappa shape index (κ2) is 9.60. The Kier molecular flexibility index (Phi) is 7.76. The number of halogens is 2. The van der Waals surface area contributed by atoms with E-state index in [1.165, 1.54) is 24.8 Å². The number of aliphatic imine (C=N–C) groups is 1. The number of benzene rings is 1. The molecule has 0 unspecified atom stereocenters. The van der Waals surface area contributed by atoms with Crippen LogP contribution in [0, 0.1) is 0 Å². The average Bonchev–Trinajstić information content (AvgIpc) is 2.98. The van der Waals surface area contributed by atoms with Crippen LogP contribution in [0.25, 0.3) is 0 Å². The molecule has 1 aromatic heterocycles. The zero-order valence-electron chi connectivity index (χ0n) is 15.3. The first-order valence-corrected chi connectivity index (χ1v) is 9.26. The summed E-state index contributed by atoms with van der Waals surface area (Å²) in [6.45, 7) is 4.41. The summed E-state index contributed by atoms with van der Waals surface area (Å²) in [5.41, 5.74) is 2.64. The van der Waals surface area contributed by atoms with E-state index in [0.717, 1.165) is 29.8 Å². The zero-order chi connectivity index (χ0) is 17.7. The van der Waals surface area contributed by atoms with Gasteiger partial charge in [-0.15, -0.1) is 24.0 Å². The number of rotatable bonds is 6. The van der Waals surface area contributed by atoms with Gasteiger partial charge in [0.2, 0.25) is 0 Å². The molecule has 0 radical (unpaired) electrons. The van der Waals surface area contributed by atoms with Gasteiger partial charge in [-0.25, -0.2) is 4.99 Å².